The van der Waals surface area contributed by atoms with E-state index in [2.05, 4.69) is 79.9 Å². The second-order valence-electron chi connectivity index (χ2n) is 7.31. The normalized spacial score (nSPS) is 11.5. The van der Waals surface area contributed by atoms with E-state index in [0.717, 1.165) is 33.4 Å². The first kappa shape index (κ1) is 17.1. The van der Waals surface area contributed by atoms with Gasteiger partial charge in [0.1, 0.15) is 0 Å². The van der Waals surface area contributed by atoms with E-state index in [1.165, 1.54) is 21.4 Å². The van der Waals surface area contributed by atoms with Crippen LogP contribution >= 0.6 is 11.3 Å². The van der Waals surface area contributed by atoms with Gasteiger partial charge in [0.25, 0.3) is 0 Å². The van der Waals surface area contributed by atoms with E-state index in [0.29, 0.717) is 5.65 Å². The zero-order valence-electron chi connectivity index (χ0n) is 16.2. The first-order valence-corrected chi connectivity index (χ1v) is 10.6. The maximum Gasteiger partial charge on any atom is 0.181 e. The van der Waals surface area contributed by atoms with Crippen LogP contribution in [0.3, 0.4) is 0 Å². The van der Waals surface area contributed by atoms with Gasteiger partial charge in [-0.2, -0.15) is 5.10 Å². The van der Waals surface area contributed by atoms with Gasteiger partial charge in [-0.3, -0.25) is 10.1 Å². The Hall–Kier alpha value is -3.77. The summed E-state index contributed by atoms with van der Waals surface area (Å²) >= 11 is 1.75. The largest absolute Gasteiger partial charge is 0.353 e. The van der Waals surface area contributed by atoms with Crippen LogP contribution in [0.2, 0.25) is 0 Å². The average Bonchev–Trinajstić information content (AvgIpc) is 3.51. The van der Waals surface area contributed by atoms with Gasteiger partial charge in [0, 0.05) is 56.4 Å². The summed E-state index contributed by atoms with van der Waals surface area (Å²) in [7, 11) is 0. The Kier molecular flexibility index (Phi) is 3.79. The lowest BCUT2D eigenvalue weighted by atomic mass is 10.0. The monoisotopic (exact) mass is 407 g/mol. The fourth-order valence-electron chi connectivity index (χ4n) is 3.96. The summed E-state index contributed by atoms with van der Waals surface area (Å²) in [6.07, 6.45) is 5.55. The van der Waals surface area contributed by atoms with Crippen LogP contribution in [0.15, 0.2) is 72.5 Å². The predicted octanol–water partition coefficient (Wildman–Crippen LogP) is 6.21. The van der Waals surface area contributed by atoms with Gasteiger partial charge in [-0.15, -0.1) is 11.3 Å². The van der Waals surface area contributed by atoms with Crippen molar-refractivity contribution in [1.82, 2.24) is 25.1 Å². The summed E-state index contributed by atoms with van der Waals surface area (Å²) in [4.78, 5) is 13.7. The topological polar surface area (TPSA) is 70.2 Å². The number of benzene rings is 1. The first-order chi connectivity index (χ1) is 14.8. The molecule has 0 aliphatic rings. The van der Waals surface area contributed by atoms with Gasteiger partial charge in [-0.05, 0) is 48.2 Å². The van der Waals surface area contributed by atoms with Crippen LogP contribution in [-0.4, -0.2) is 25.1 Å². The summed E-state index contributed by atoms with van der Waals surface area (Å²) in [5.41, 5.74) is 8.26. The zero-order chi connectivity index (χ0) is 20.1. The third-order valence-corrected chi connectivity index (χ3v) is 6.38. The molecule has 0 aliphatic heterocycles. The first-order valence-electron chi connectivity index (χ1n) is 9.69. The molecule has 5 aromatic heterocycles. The van der Waals surface area contributed by atoms with Gasteiger partial charge in [-0.25, -0.2) is 4.98 Å². The molecule has 0 spiro atoms. The van der Waals surface area contributed by atoms with Crippen LogP contribution in [-0.2, 0) is 0 Å². The number of aromatic amines is 2. The molecule has 2 N–H and O–H groups in total. The van der Waals surface area contributed by atoms with Crippen molar-refractivity contribution in [3.05, 3.63) is 78.1 Å². The van der Waals surface area contributed by atoms with Crippen LogP contribution in [0, 0.1) is 6.92 Å². The Labute approximate surface area is 176 Å². The van der Waals surface area contributed by atoms with E-state index in [1.54, 1.807) is 11.3 Å². The molecule has 0 fully saturated rings. The molecular weight excluding hydrogens is 390 g/mol. The van der Waals surface area contributed by atoms with Crippen LogP contribution in [0.25, 0.3) is 54.9 Å². The Morgan fingerprint density at radius 2 is 1.90 bits per heavy atom. The fraction of sp³-hybridized carbons (Fsp3) is 0.0417. The number of hydrogen-bond donors (Lipinski definition) is 2. The summed E-state index contributed by atoms with van der Waals surface area (Å²) in [6, 6.07) is 17.0. The van der Waals surface area contributed by atoms with Crippen molar-refractivity contribution in [2.45, 2.75) is 6.92 Å². The minimum atomic E-state index is 0.701. The summed E-state index contributed by atoms with van der Waals surface area (Å²) < 4.78 is 0. The van der Waals surface area contributed by atoms with E-state index < -0.39 is 0 Å². The second-order valence-corrected chi connectivity index (χ2v) is 8.26. The van der Waals surface area contributed by atoms with Crippen molar-refractivity contribution in [2.75, 3.05) is 0 Å². The second kappa shape index (κ2) is 6.64. The highest BCUT2D eigenvalue weighted by Crippen LogP contribution is 2.36. The van der Waals surface area contributed by atoms with Gasteiger partial charge < -0.3 is 4.98 Å². The fourth-order valence-corrected chi connectivity index (χ4v) is 4.72. The Morgan fingerprint density at radius 1 is 0.933 bits per heavy atom. The number of pyridine rings is 2. The van der Waals surface area contributed by atoms with Gasteiger partial charge in [0.15, 0.2) is 5.65 Å². The number of nitrogens with zero attached hydrogens (tertiary/aromatic N) is 3. The molecule has 5 nitrogen and oxygen atoms in total. The zero-order valence-corrected chi connectivity index (χ0v) is 17.0. The summed E-state index contributed by atoms with van der Waals surface area (Å²) in [6.45, 7) is 2.08. The number of aromatic nitrogens is 5. The van der Waals surface area contributed by atoms with Crippen LogP contribution in [0.4, 0.5) is 0 Å². The molecule has 30 heavy (non-hydrogen) atoms. The molecule has 0 bridgehead atoms. The number of aryl methyl sites for hydroxylation is 1. The number of H-pyrrole nitrogens is 2. The SMILES string of the molecule is Cc1ccncc1-c1cnc2n[nH]c(-c3cc4c(-c5cccs5)cccc4[nH]3)c2c1. The maximum atomic E-state index is 4.57. The third kappa shape index (κ3) is 2.65. The lowest BCUT2D eigenvalue weighted by Crippen LogP contribution is -1.87. The molecule has 0 aliphatic carbocycles. The average molecular weight is 408 g/mol. The third-order valence-electron chi connectivity index (χ3n) is 5.48. The van der Waals surface area contributed by atoms with Crippen molar-refractivity contribution in [3.63, 3.8) is 0 Å². The summed E-state index contributed by atoms with van der Waals surface area (Å²) in [5.74, 6) is 0. The molecule has 0 saturated carbocycles. The van der Waals surface area contributed by atoms with Crippen LogP contribution < -0.4 is 0 Å². The Morgan fingerprint density at radius 3 is 2.77 bits per heavy atom. The highest BCUT2D eigenvalue weighted by atomic mass is 32.1. The van der Waals surface area contributed by atoms with E-state index in [4.69, 9.17) is 0 Å². The van der Waals surface area contributed by atoms with Gasteiger partial charge in [0.2, 0.25) is 0 Å². The number of hydrogen-bond acceptors (Lipinski definition) is 4. The molecule has 0 saturated heterocycles. The standard InChI is InChI=1S/C24H17N5S/c1-14-7-8-25-13-19(14)15-10-18-23(28-29-24(18)26-12-15)21-11-17-16(22-6-3-9-30-22)4-2-5-20(17)27-21/h2-13,27H,1H3,(H,26,28,29). The minimum absolute atomic E-state index is 0.701. The highest BCUT2D eigenvalue weighted by Gasteiger charge is 2.15. The van der Waals surface area contributed by atoms with Gasteiger partial charge in [0.05, 0.1) is 11.4 Å². The molecular formula is C24H17N5S. The number of rotatable bonds is 3. The molecule has 0 radical (unpaired) electrons. The Bertz CT molecular complexity index is 1510. The van der Waals surface area contributed by atoms with E-state index >= 15 is 0 Å². The molecule has 1 aromatic carbocycles. The molecule has 6 aromatic rings. The number of nitrogens with one attached hydrogen (secondary N) is 2. The number of fused-ring (bicyclic) bond motifs is 2. The van der Waals surface area contributed by atoms with Crippen molar-refractivity contribution in [2.24, 2.45) is 0 Å². The number of thiophene rings is 1. The minimum Gasteiger partial charge on any atom is -0.353 e. The predicted molar refractivity (Wildman–Crippen MR) is 122 cm³/mol. The van der Waals surface area contributed by atoms with Crippen LogP contribution in [0.5, 0.6) is 0 Å². The highest BCUT2D eigenvalue weighted by molar-refractivity contribution is 7.13. The molecule has 6 rings (SSSR count). The molecule has 0 unspecified atom stereocenters. The van der Waals surface area contributed by atoms with Crippen LogP contribution in [0.1, 0.15) is 5.56 Å². The Balaban J connectivity index is 1.53. The summed E-state index contributed by atoms with van der Waals surface area (Å²) in [5, 5.41) is 11.9. The lowest BCUT2D eigenvalue weighted by Gasteiger charge is -2.04. The molecule has 6 heteroatoms. The smallest absolute Gasteiger partial charge is 0.181 e. The van der Waals surface area contributed by atoms with E-state index in [9.17, 15) is 0 Å². The van der Waals surface area contributed by atoms with Crippen molar-refractivity contribution < 1.29 is 0 Å². The molecule has 5 heterocycles. The van der Waals surface area contributed by atoms with E-state index in [1.807, 2.05) is 24.7 Å². The quantitative estimate of drug-likeness (QED) is 0.367. The molecule has 0 amide bonds. The molecule has 144 valence electrons. The van der Waals surface area contributed by atoms with E-state index in [-0.39, 0.29) is 0 Å². The van der Waals surface area contributed by atoms with Gasteiger partial charge in [-0.1, -0.05) is 18.2 Å². The van der Waals surface area contributed by atoms with Crippen molar-refractivity contribution in [3.8, 4) is 33.0 Å². The van der Waals surface area contributed by atoms with Crippen molar-refractivity contribution >= 4 is 33.3 Å². The molecule has 0 atom stereocenters. The van der Waals surface area contributed by atoms with Crippen molar-refractivity contribution in [1.29, 1.82) is 0 Å². The lowest BCUT2D eigenvalue weighted by molar-refractivity contribution is 1.10. The van der Waals surface area contributed by atoms with Gasteiger partial charge >= 0.3 is 0 Å². The maximum absolute atomic E-state index is 4.57.